The molecule has 22 heterocycles. The lowest BCUT2D eigenvalue weighted by Gasteiger charge is -2.51. The van der Waals surface area contributed by atoms with Crippen molar-refractivity contribution in [2.75, 3.05) is 59.5 Å². The predicted octanol–water partition coefficient (Wildman–Crippen LogP) is -19.4. The van der Waals surface area contributed by atoms with Crippen LogP contribution in [0.2, 0.25) is 0 Å². The van der Waals surface area contributed by atoms with E-state index in [1.807, 2.05) is 0 Å². The van der Waals surface area contributed by atoms with E-state index in [0.717, 1.165) is 6.92 Å². The average Bonchev–Trinajstić information content (AvgIpc) is 0.769. The molecule has 0 saturated carbocycles. The van der Waals surface area contributed by atoms with Crippen molar-refractivity contribution in [3.63, 3.8) is 0 Å². The molecule has 0 aromatic heterocycles. The summed E-state index contributed by atoms with van der Waals surface area (Å²) in [7, 11) is 0. The topological polar surface area (TPSA) is 721 Å². The first-order chi connectivity index (χ1) is 48.5. The Morgan fingerprint density at radius 3 is 0.647 bits per heavy atom. The molecule has 0 aromatic rings. The molecule has 0 radical (unpaired) electrons. The maximum absolute atomic E-state index is 12.5. The van der Waals surface area contributed by atoms with Crippen LogP contribution in [0, 0.1) is 0 Å². The molecule has 22 aliphatic heterocycles. The molecule has 102 heavy (non-hydrogen) atoms. The zero-order valence-corrected chi connectivity index (χ0v) is 53.7. The lowest BCUT2D eigenvalue weighted by Crippen LogP contribution is -2.70. The van der Waals surface area contributed by atoms with Gasteiger partial charge < -0.3 is 223 Å². The zero-order valence-electron chi connectivity index (χ0n) is 53.7. The molecule has 46 heteroatoms. The number of carbonyl (C=O) groups excluding carboxylic acids is 1. The maximum atomic E-state index is 12.5. The van der Waals surface area contributed by atoms with Gasteiger partial charge in [0.25, 0.3) is 0 Å². The van der Waals surface area contributed by atoms with E-state index in [2.05, 4.69) is 5.32 Å². The normalized spacial score (nSPS) is 53.9. The fourth-order valence-corrected chi connectivity index (χ4v) is 13.8. The van der Waals surface area contributed by atoms with E-state index in [1.54, 1.807) is 0 Å². The number of amides is 1. The Bertz CT molecular complexity index is 2590. The molecule has 592 valence electrons. The Balaban J connectivity index is 0.960. The molecular weight excluding hydrogens is 1410 g/mol. The summed E-state index contributed by atoms with van der Waals surface area (Å²) in [5.74, 6) is -0.880. The van der Waals surface area contributed by atoms with Gasteiger partial charge in [-0.1, -0.05) is 0 Å². The second-order valence-electron chi connectivity index (χ2n) is 26.0. The van der Waals surface area contributed by atoms with E-state index in [9.17, 15) is 138 Å². The molecule has 45 atom stereocenters. The number of rotatable bonds is 12. The third kappa shape index (κ3) is 16.4. The number of aliphatic hydroxyl groups is 26. The fraction of sp³-hybridized carbons (Fsp3) is 0.982. The summed E-state index contributed by atoms with van der Waals surface area (Å²) >= 11 is 0. The number of nitrogens with one attached hydrogen (secondary N) is 1. The first kappa shape index (κ1) is 82.2. The van der Waals surface area contributed by atoms with Gasteiger partial charge in [0.15, 0.2) is 56.6 Å². The third-order valence-corrected chi connectivity index (χ3v) is 19.4. The van der Waals surface area contributed by atoms with Crippen molar-refractivity contribution in [2.45, 2.75) is 283 Å². The minimum Gasteiger partial charge on any atom is -0.394 e. The highest BCUT2D eigenvalue weighted by atomic mass is 16.8. The highest BCUT2D eigenvalue weighted by Gasteiger charge is 2.62. The minimum atomic E-state index is -2.40. The third-order valence-electron chi connectivity index (χ3n) is 19.4. The van der Waals surface area contributed by atoms with Crippen LogP contribution in [0.4, 0.5) is 0 Å². The van der Waals surface area contributed by atoms with Crippen molar-refractivity contribution in [1.29, 1.82) is 0 Å². The summed E-state index contributed by atoms with van der Waals surface area (Å²) in [5, 5.41) is 294. The largest absolute Gasteiger partial charge is 0.394 e. The van der Waals surface area contributed by atoms with Gasteiger partial charge in [-0.25, -0.2) is 0 Å². The molecule has 0 aliphatic carbocycles. The smallest absolute Gasteiger partial charge is 0.217 e. The molecule has 22 aliphatic rings. The Labute approximate surface area is 575 Å². The van der Waals surface area contributed by atoms with Crippen molar-refractivity contribution in [2.24, 2.45) is 0 Å². The van der Waals surface area contributed by atoms with Crippen molar-refractivity contribution < 1.29 is 223 Å². The summed E-state index contributed by atoms with van der Waals surface area (Å²) in [6.45, 7) is -9.25. The van der Waals surface area contributed by atoms with E-state index in [-0.39, 0.29) is 0 Å². The van der Waals surface area contributed by atoms with E-state index < -0.39 is 342 Å². The lowest BCUT2D eigenvalue weighted by molar-refractivity contribution is -0.410. The monoisotopic (exact) mass is 1500 g/mol. The fourth-order valence-electron chi connectivity index (χ4n) is 13.8. The Hall–Kier alpha value is -2.29. The van der Waals surface area contributed by atoms with E-state index in [4.69, 9.17) is 85.3 Å². The van der Waals surface area contributed by atoms with Crippen molar-refractivity contribution in [3.8, 4) is 0 Å². The highest BCUT2D eigenvalue weighted by Crippen LogP contribution is 2.41. The van der Waals surface area contributed by atoms with E-state index >= 15 is 0 Å². The van der Waals surface area contributed by atoms with Gasteiger partial charge in [0.1, 0.15) is 220 Å². The summed E-state index contributed by atoms with van der Waals surface area (Å²) in [6, 6.07) is -1.81. The number of hydrogen-bond acceptors (Lipinski definition) is 45. The van der Waals surface area contributed by atoms with Crippen molar-refractivity contribution >= 4 is 5.91 Å². The van der Waals surface area contributed by atoms with Gasteiger partial charge in [-0.3, -0.25) is 4.79 Å². The average molecular weight is 1500 g/mol. The highest BCUT2D eigenvalue weighted by molar-refractivity contribution is 5.73. The van der Waals surface area contributed by atoms with Gasteiger partial charge >= 0.3 is 0 Å². The van der Waals surface area contributed by atoms with Gasteiger partial charge in [-0.05, 0) is 0 Å². The van der Waals surface area contributed by atoms with Gasteiger partial charge in [0.05, 0.1) is 59.5 Å². The van der Waals surface area contributed by atoms with E-state index in [0.29, 0.717) is 0 Å². The predicted molar refractivity (Wildman–Crippen MR) is 305 cm³/mol. The van der Waals surface area contributed by atoms with Crippen LogP contribution >= 0.6 is 0 Å². The van der Waals surface area contributed by atoms with E-state index in [1.165, 1.54) is 0 Å². The van der Waals surface area contributed by atoms with Crippen LogP contribution in [-0.4, -0.2) is 474 Å². The first-order valence-electron chi connectivity index (χ1n) is 32.6. The maximum Gasteiger partial charge on any atom is 0.217 e. The molecule has 0 unspecified atom stereocenters. The Kier molecular flexibility index (Phi) is 28.3. The minimum absolute atomic E-state index is 0.880. The molecule has 22 rings (SSSR count). The molecule has 0 spiro atoms. The Morgan fingerprint density at radius 2 is 0.441 bits per heavy atom. The van der Waals surface area contributed by atoms with Crippen molar-refractivity contribution in [1.82, 2.24) is 5.32 Å². The Morgan fingerprint density at radius 1 is 0.245 bits per heavy atom. The van der Waals surface area contributed by atoms with Crippen LogP contribution < -0.4 is 5.32 Å². The van der Waals surface area contributed by atoms with Crippen LogP contribution in [0.1, 0.15) is 6.92 Å². The van der Waals surface area contributed by atoms with Crippen LogP contribution in [0.5, 0.6) is 0 Å². The van der Waals surface area contributed by atoms with Gasteiger partial charge in [-0.2, -0.15) is 0 Å². The summed E-state index contributed by atoms with van der Waals surface area (Å²) < 4.78 is 105. The summed E-state index contributed by atoms with van der Waals surface area (Å²) in [4.78, 5) is 12.5. The van der Waals surface area contributed by atoms with Gasteiger partial charge in [0.2, 0.25) is 5.91 Å². The van der Waals surface area contributed by atoms with Crippen molar-refractivity contribution in [3.05, 3.63) is 0 Å². The SMILES string of the molecule is CC(=O)N[C@H]1[C@H](O[C@H]2[C@H]3O[C@H]4[C@H](O)[C@@H](O)[C@@H](O[C@H]5[C@H](O)[C@@H](O)[C@@H](O[C@H]6[C@H](O)[C@@H](O)[C@@H](O[C@H]7[C@H](O)[C@@H](O)[C@@H](O[C@H]8[C@H](O)[C@@H](O)[C@@H](O[C@H]9[C@H](O)[C@@H](O)[C@@H](O[C@H]%10[C@H](O)[C@@H](O)[C@@H](O[C@@H]([C@@H]2O)[C@@H](CO)O3)O[C@@H]%10CO)O[C@@H]9CO)O[C@@H]8CO)O[C@@H]7CO)O[C@@H]6CO)O[C@@H]5CO)O[C@@H]4CO)O[C@H](CO)[C@@H](O)[C@@H]1O. The number of carbonyl (C=O) groups is 1. The second kappa shape index (κ2) is 35.2. The van der Waals surface area contributed by atoms with Gasteiger partial charge in [-0.15, -0.1) is 0 Å². The second-order valence-corrected chi connectivity index (χ2v) is 26.0. The zero-order chi connectivity index (χ0) is 74.4. The summed E-state index contributed by atoms with van der Waals surface area (Å²) in [5.41, 5.74) is 0. The lowest BCUT2D eigenvalue weighted by atomic mass is 9.94. The van der Waals surface area contributed by atoms with Crippen LogP contribution in [0.15, 0.2) is 0 Å². The number of ether oxygens (including phenoxy) is 18. The molecule has 46 nitrogen and oxygen atoms in total. The number of aliphatic hydroxyl groups excluding tert-OH is 26. The van der Waals surface area contributed by atoms with Crippen LogP contribution in [-0.2, 0) is 90.1 Å². The molecule has 27 N–H and O–H groups in total. The molecule has 1 amide bonds. The summed E-state index contributed by atoms with van der Waals surface area (Å²) in [6.07, 6.45) is -93.3. The van der Waals surface area contributed by atoms with Gasteiger partial charge in [0, 0.05) is 6.92 Å². The molecule has 16 bridgehead atoms. The first-order valence-corrected chi connectivity index (χ1v) is 32.6. The number of hydrogen-bond donors (Lipinski definition) is 27. The van der Waals surface area contributed by atoms with Crippen LogP contribution in [0.3, 0.4) is 0 Å². The molecule has 22 fully saturated rings. The molecule has 0 aromatic carbocycles. The molecule has 22 saturated heterocycles. The standard InChI is InChI=1S/C56H93NO45/c1-11(67)57-21-23(69)22(68)12(2-58)85-48(21)102-47-38(84)46-20(10-66)93-56(47)101-45-19(9-65)92-54(37(83)30(45)76)99-43-17(7-63)90-52(35(81)28(43)74)97-41-15(5-61)88-50(33(79)26(41)72)95-39-13(3-59)86-49(31(77)24(39)70)94-40-14(4-60)87-51(32(78)25(40)71)96-42-16(6-62)89-53(34(80)27(42)73)98-44-18(8-64)91-55(100-46)36(82)29(44)75/h12-56,58-66,68-84H,2-10H2,1H3,(H,57,67)/t12-,13-,14-,15-,16-,17-,18-,19-,20-,21-,22-,23-,24-,25-,26-,27-,28-,29-,30-,31-,32-,33-,34-,35-,36-,37-,38+,39-,40-,41-,42-,43-,44-,45-,46-,47-,48+,49-,50-,51-,52-,53-,54-,55-,56-/m1/s1. The quantitative estimate of drug-likeness (QED) is 0.0863. The molecular formula is C56H93NO45. The van der Waals surface area contributed by atoms with Crippen LogP contribution in [0.25, 0.3) is 0 Å².